The van der Waals surface area contributed by atoms with E-state index in [1.165, 1.54) is 26.2 Å². The number of halogens is 1. The van der Waals surface area contributed by atoms with Crippen molar-refractivity contribution in [3.8, 4) is 5.75 Å². The summed E-state index contributed by atoms with van der Waals surface area (Å²) in [5, 5.41) is 2.46. The molecule has 1 aromatic carbocycles. The number of rotatable bonds is 4. The van der Waals surface area contributed by atoms with Crippen LogP contribution in [0.5, 0.6) is 5.75 Å². The van der Waals surface area contributed by atoms with Crippen LogP contribution in [0.4, 0.5) is 9.18 Å². The molecule has 1 N–H and O–H groups in total. The molecule has 1 aliphatic heterocycles. The van der Waals surface area contributed by atoms with E-state index in [2.05, 4.69) is 5.32 Å². The summed E-state index contributed by atoms with van der Waals surface area (Å²) in [6, 6.07) is 3.11. The van der Waals surface area contributed by atoms with Crippen LogP contribution in [0.15, 0.2) is 18.2 Å². The standard InChI is InChI=1S/C14H15FN2O5/c1-8(12(18)17-6-5-16-14(17)20)22-13(19)10-4-3-9(21-2)7-11(10)15/h3-4,7-8H,5-6H2,1-2H3,(H,16,20)/t8-/m0/s1. The van der Waals surface area contributed by atoms with E-state index in [0.29, 0.717) is 6.54 Å². The number of ether oxygens (including phenoxy) is 2. The number of hydrogen-bond donors (Lipinski definition) is 1. The molecular formula is C14H15FN2O5. The molecule has 0 unspecified atom stereocenters. The number of nitrogens with one attached hydrogen (secondary N) is 1. The summed E-state index contributed by atoms with van der Waals surface area (Å²) in [6.07, 6.45) is -1.20. The number of urea groups is 1. The van der Waals surface area contributed by atoms with Gasteiger partial charge >= 0.3 is 12.0 Å². The molecule has 0 aliphatic carbocycles. The van der Waals surface area contributed by atoms with Gasteiger partial charge in [-0.15, -0.1) is 0 Å². The first kappa shape index (κ1) is 15.7. The van der Waals surface area contributed by atoms with Crippen molar-refractivity contribution in [2.45, 2.75) is 13.0 Å². The maximum absolute atomic E-state index is 13.8. The molecule has 118 valence electrons. The molecule has 0 aromatic heterocycles. The summed E-state index contributed by atoms with van der Waals surface area (Å²) in [5.74, 6) is -2.20. The van der Waals surface area contributed by atoms with E-state index in [4.69, 9.17) is 9.47 Å². The first-order valence-corrected chi connectivity index (χ1v) is 6.57. The summed E-state index contributed by atoms with van der Waals surface area (Å²) < 4.78 is 23.5. The van der Waals surface area contributed by atoms with Crippen molar-refractivity contribution in [1.82, 2.24) is 10.2 Å². The van der Waals surface area contributed by atoms with Crippen LogP contribution in [0.3, 0.4) is 0 Å². The lowest BCUT2D eigenvalue weighted by Crippen LogP contribution is -2.41. The highest BCUT2D eigenvalue weighted by molar-refractivity contribution is 5.99. The number of methoxy groups -OCH3 is 1. The van der Waals surface area contributed by atoms with Crippen LogP contribution >= 0.6 is 0 Å². The van der Waals surface area contributed by atoms with Crippen LogP contribution in [0.2, 0.25) is 0 Å². The zero-order valence-electron chi connectivity index (χ0n) is 12.1. The molecule has 3 amide bonds. The van der Waals surface area contributed by atoms with Crippen molar-refractivity contribution in [1.29, 1.82) is 0 Å². The summed E-state index contributed by atoms with van der Waals surface area (Å²) in [7, 11) is 1.37. The average molecular weight is 310 g/mol. The predicted molar refractivity (Wildman–Crippen MR) is 72.9 cm³/mol. The number of carbonyl (C=O) groups excluding carboxylic acids is 3. The normalized spacial score (nSPS) is 15.2. The third-order valence-electron chi connectivity index (χ3n) is 3.15. The van der Waals surface area contributed by atoms with Gasteiger partial charge in [0.2, 0.25) is 0 Å². The van der Waals surface area contributed by atoms with Crippen LogP contribution in [0, 0.1) is 5.82 Å². The molecule has 0 radical (unpaired) electrons. The number of benzene rings is 1. The predicted octanol–water partition coefficient (Wildman–Crippen LogP) is 0.931. The van der Waals surface area contributed by atoms with E-state index >= 15 is 0 Å². The summed E-state index contributed by atoms with van der Waals surface area (Å²) in [6.45, 7) is 1.88. The van der Waals surface area contributed by atoms with Crippen LogP contribution in [0.1, 0.15) is 17.3 Å². The highest BCUT2D eigenvalue weighted by Crippen LogP contribution is 2.18. The summed E-state index contributed by atoms with van der Waals surface area (Å²) in [4.78, 5) is 36.2. The quantitative estimate of drug-likeness (QED) is 0.836. The van der Waals surface area contributed by atoms with E-state index in [9.17, 15) is 18.8 Å². The molecule has 1 atom stereocenters. The number of esters is 1. The monoisotopic (exact) mass is 310 g/mol. The van der Waals surface area contributed by atoms with Crippen LogP contribution in [0.25, 0.3) is 0 Å². The second-order valence-electron chi connectivity index (χ2n) is 4.62. The zero-order valence-corrected chi connectivity index (χ0v) is 12.1. The maximum atomic E-state index is 13.8. The van der Waals surface area contributed by atoms with Gasteiger partial charge in [0.05, 0.1) is 12.7 Å². The number of carbonyl (C=O) groups is 3. The first-order chi connectivity index (χ1) is 10.4. The summed E-state index contributed by atoms with van der Waals surface area (Å²) in [5.41, 5.74) is -0.314. The molecule has 0 saturated carbocycles. The van der Waals surface area contributed by atoms with Gasteiger partial charge in [0.25, 0.3) is 5.91 Å². The third-order valence-corrected chi connectivity index (χ3v) is 3.15. The van der Waals surface area contributed by atoms with Crippen molar-refractivity contribution >= 4 is 17.9 Å². The van der Waals surface area contributed by atoms with Gasteiger partial charge in [0, 0.05) is 19.2 Å². The second kappa shape index (κ2) is 6.42. The minimum atomic E-state index is -1.20. The average Bonchev–Trinajstić information content (AvgIpc) is 2.92. The minimum absolute atomic E-state index is 0.205. The van der Waals surface area contributed by atoms with E-state index in [1.54, 1.807) is 0 Å². The Morgan fingerprint density at radius 3 is 2.68 bits per heavy atom. The fourth-order valence-corrected chi connectivity index (χ4v) is 1.96. The van der Waals surface area contributed by atoms with Gasteiger partial charge in [-0.2, -0.15) is 0 Å². The van der Waals surface area contributed by atoms with Crippen molar-refractivity contribution in [3.05, 3.63) is 29.6 Å². The molecule has 0 bridgehead atoms. The lowest BCUT2D eigenvalue weighted by atomic mass is 10.2. The molecule has 1 aliphatic rings. The zero-order chi connectivity index (χ0) is 16.3. The lowest BCUT2D eigenvalue weighted by Gasteiger charge is -2.18. The lowest BCUT2D eigenvalue weighted by molar-refractivity contribution is -0.136. The Morgan fingerprint density at radius 2 is 2.14 bits per heavy atom. The van der Waals surface area contributed by atoms with Gasteiger partial charge in [-0.25, -0.2) is 14.0 Å². The molecule has 8 heteroatoms. The molecule has 1 heterocycles. The van der Waals surface area contributed by atoms with Gasteiger partial charge in [-0.3, -0.25) is 9.69 Å². The Bertz CT molecular complexity index is 619. The minimum Gasteiger partial charge on any atom is -0.497 e. The maximum Gasteiger partial charge on any atom is 0.341 e. The molecule has 1 fully saturated rings. The smallest absolute Gasteiger partial charge is 0.341 e. The molecule has 7 nitrogen and oxygen atoms in total. The van der Waals surface area contributed by atoms with Crippen molar-refractivity contribution < 1.29 is 28.2 Å². The Balaban J connectivity index is 2.05. The number of nitrogens with zero attached hydrogens (tertiary/aromatic N) is 1. The third kappa shape index (κ3) is 3.16. The van der Waals surface area contributed by atoms with Gasteiger partial charge in [0.15, 0.2) is 6.10 Å². The van der Waals surface area contributed by atoms with Crippen molar-refractivity contribution in [2.24, 2.45) is 0 Å². The van der Waals surface area contributed by atoms with E-state index in [-0.39, 0.29) is 17.9 Å². The Kier molecular flexibility index (Phi) is 4.59. The first-order valence-electron chi connectivity index (χ1n) is 6.57. The Morgan fingerprint density at radius 1 is 1.41 bits per heavy atom. The van der Waals surface area contributed by atoms with Crippen LogP contribution in [-0.4, -0.2) is 49.1 Å². The highest BCUT2D eigenvalue weighted by Gasteiger charge is 2.32. The van der Waals surface area contributed by atoms with Gasteiger partial charge in [0.1, 0.15) is 11.6 Å². The molecule has 22 heavy (non-hydrogen) atoms. The van der Waals surface area contributed by atoms with E-state index in [1.807, 2.05) is 0 Å². The molecule has 1 saturated heterocycles. The fraction of sp³-hybridized carbons (Fsp3) is 0.357. The Labute approximate surface area is 126 Å². The summed E-state index contributed by atoms with van der Waals surface area (Å²) >= 11 is 0. The van der Waals surface area contributed by atoms with Crippen molar-refractivity contribution in [2.75, 3.05) is 20.2 Å². The number of imide groups is 1. The van der Waals surface area contributed by atoms with E-state index in [0.717, 1.165) is 11.0 Å². The highest BCUT2D eigenvalue weighted by atomic mass is 19.1. The van der Waals surface area contributed by atoms with Gasteiger partial charge in [-0.05, 0) is 19.1 Å². The largest absolute Gasteiger partial charge is 0.497 e. The molecule has 2 rings (SSSR count). The van der Waals surface area contributed by atoms with Crippen LogP contribution < -0.4 is 10.1 Å². The topological polar surface area (TPSA) is 84.9 Å². The fourth-order valence-electron chi connectivity index (χ4n) is 1.96. The molecular weight excluding hydrogens is 295 g/mol. The molecule has 0 spiro atoms. The molecule has 1 aromatic rings. The van der Waals surface area contributed by atoms with Gasteiger partial charge in [-0.1, -0.05) is 0 Å². The SMILES string of the molecule is COc1ccc(C(=O)O[C@@H](C)C(=O)N2CCNC2=O)c(F)c1. The van der Waals surface area contributed by atoms with Crippen LogP contribution in [-0.2, 0) is 9.53 Å². The van der Waals surface area contributed by atoms with Gasteiger partial charge < -0.3 is 14.8 Å². The van der Waals surface area contributed by atoms with Crippen molar-refractivity contribution in [3.63, 3.8) is 0 Å². The number of hydrogen-bond acceptors (Lipinski definition) is 5. The Hall–Kier alpha value is -2.64. The number of amides is 3. The second-order valence-corrected chi connectivity index (χ2v) is 4.62. The van der Waals surface area contributed by atoms with E-state index < -0.39 is 29.8 Å².